The molecule has 2 heteroatoms. The lowest BCUT2D eigenvalue weighted by atomic mass is 9.91. The molecular formula is C19H30N2. The second-order valence-corrected chi connectivity index (χ2v) is 7.34. The van der Waals surface area contributed by atoms with Crippen LogP contribution in [0.3, 0.4) is 0 Å². The van der Waals surface area contributed by atoms with Crippen molar-refractivity contribution in [2.45, 2.75) is 57.5 Å². The van der Waals surface area contributed by atoms with Crippen molar-refractivity contribution in [3.05, 3.63) is 35.9 Å². The molecule has 1 saturated carbocycles. The summed E-state index contributed by atoms with van der Waals surface area (Å²) in [5.74, 6) is 1.03. The summed E-state index contributed by atoms with van der Waals surface area (Å²) in [6.07, 6.45) is 6.75. The summed E-state index contributed by atoms with van der Waals surface area (Å²) >= 11 is 0. The third kappa shape index (κ3) is 4.08. The molecule has 0 amide bonds. The molecule has 1 N–H and O–H groups in total. The van der Waals surface area contributed by atoms with Gasteiger partial charge >= 0.3 is 0 Å². The Kier molecular flexibility index (Phi) is 4.66. The van der Waals surface area contributed by atoms with Gasteiger partial charge in [-0.25, -0.2) is 0 Å². The molecule has 1 aromatic carbocycles. The Labute approximate surface area is 129 Å². The van der Waals surface area contributed by atoms with Crippen molar-refractivity contribution in [2.75, 3.05) is 19.6 Å². The van der Waals surface area contributed by atoms with Crippen molar-refractivity contribution >= 4 is 0 Å². The third-order valence-corrected chi connectivity index (χ3v) is 5.45. The first-order chi connectivity index (χ1) is 10.2. The zero-order valence-corrected chi connectivity index (χ0v) is 13.6. The van der Waals surface area contributed by atoms with Gasteiger partial charge < -0.3 is 5.32 Å². The molecule has 1 aliphatic carbocycles. The molecular weight excluding hydrogens is 256 g/mol. The summed E-state index contributed by atoms with van der Waals surface area (Å²) in [7, 11) is 0. The van der Waals surface area contributed by atoms with Crippen LogP contribution < -0.4 is 5.32 Å². The largest absolute Gasteiger partial charge is 0.309 e. The Bertz CT molecular complexity index is 440. The lowest BCUT2D eigenvalue weighted by Crippen LogP contribution is -2.63. The van der Waals surface area contributed by atoms with Gasteiger partial charge in [0, 0.05) is 24.7 Å². The standard InChI is InChI=1S/C19H30N2/c1-3-19(2)15-21(12-11-16-9-10-16)18(14-20-19)13-17-7-5-4-6-8-17/h4-8,16,18,20H,3,9-15H2,1-2H3. The number of hydrogen-bond acceptors (Lipinski definition) is 2. The highest BCUT2D eigenvalue weighted by molar-refractivity contribution is 5.16. The van der Waals surface area contributed by atoms with Crippen LogP contribution in [0.2, 0.25) is 0 Å². The summed E-state index contributed by atoms with van der Waals surface area (Å²) < 4.78 is 0. The fourth-order valence-electron chi connectivity index (χ4n) is 3.47. The van der Waals surface area contributed by atoms with E-state index in [4.69, 9.17) is 0 Å². The molecule has 0 spiro atoms. The maximum absolute atomic E-state index is 3.81. The minimum Gasteiger partial charge on any atom is -0.309 e. The van der Waals surface area contributed by atoms with Crippen molar-refractivity contribution in [2.24, 2.45) is 5.92 Å². The molecule has 1 saturated heterocycles. The lowest BCUT2D eigenvalue weighted by Gasteiger charge is -2.46. The first-order valence-electron chi connectivity index (χ1n) is 8.71. The van der Waals surface area contributed by atoms with E-state index >= 15 is 0 Å². The van der Waals surface area contributed by atoms with Gasteiger partial charge in [-0.05, 0) is 44.2 Å². The molecule has 21 heavy (non-hydrogen) atoms. The predicted molar refractivity (Wildman–Crippen MR) is 89.5 cm³/mol. The molecule has 2 atom stereocenters. The first-order valence-corrected chi connectivity index (χ1v) is 8.71. The molecule has 1 heterocycles. The number of nitrogens with zero attached hydrogens (tertiary/aromatic N) is 1. The fourth-order valence-corrected chi connectivity index (χ4v) is 3.47. The second-order valence-electron chi connectivity index (χ2n) is 7.34. The molecule has 2 unspecified atom stereocenters. The van der Waals surface area contributed by atoms with Gasteiger partial charge in [0.2, 0.25) is 0 Å². The Hall–Kier alpha value is -0.860. The monoisotopic (exact) mass is 286 g/mol. The Morgan fingerprint density at radius 2 is 2.00 bits per heavy atom. The van der Waals surface area contributed by atoms with Crippen LogP contribution in [0.5, 0.6) is 0 Å². The quantitative estimate of drug-likeness (QED) is 0.861. The van der Waals surface area contributed by atoms with Crippen molar-refractivity contribution in [3.8, 4) is 0 Å². The van der Waals surface area contributed by atoms with E-state index in [-0.39, 0.29) is 0 Å². The minimum atomic E-state index is 0.302. The van der Waals surface area contributed by atoms with Gasteiger partial charge in [-0.3, -0.25) is 4.90 Å². The Balaban J connectivity index is 1.64. The Morgan fingerprint density at radius 1 is 1.24 bits per heavy atom. The number of piperazine rings is 1. The molecule has 0 radical (unpaired) electrons. The molecule has 0 bridgehead atoms. The summed E-state index contributed by atoms with van der Waals surface area (Å²) in [4.78, 5) is 2.77. The summed E-state index contributed by atoms with van der Waals surface area (Å²) in [5, 5.41) is 3.81. The van der Waals surface area contributed by atoms with Crippen LogP contribution in [0.1, 0.15) is 45.1 Å². The zero-order valence-electron chi connectivity index (χ0n) is 13.6. The first kappa shape index (κ1) is 15.1. The number of nitrogens with one attached hydrogen (secondary N) is 1. The van der Waals surface area contributed by atoms with Crippen LogP contribution in [0.25, 0.3) is 0 Å². The van der Waals surface area contributed by atoms with E-state index in [1.807, 2.05) is 0 Å². The minimum absolute atomic E-state index is 0.302. The SMILES string of the molecule is CCC1(C)CN(CCC2CC2)C(Cc2ccccc2)CN1. The summed E-state index contributed by atoms with van der Waals surface area (Å²) in [6, 6.07) is 11.6. The number of hydrogen-bond donors (Lipinski definition) is 1. The average molecular weight is 286 g/mol. The van der Waals surface area contributed by atoms with Gasteiger partial charge in [-0.2, -0.15) is 0 Å². The third-order valence-electron chi connectivity index (χ3n) is 5.45. The molecule has 2 nitrogen and oxygen atoms in total. The highest BCUT2D eigenvalue weighted by Gasteiger charge is 2.35. The van der Waals surface area contributed by atoms with E-state index in [0.717, 1.165) is 12.5 Å². The highest BCUT2D eigenvalue weighted by atomic mass is 15.2. The van der Waals surface area contributed by atoms with E-state index in [1.165, 1.54) is 50.8 Å². The fraction of sp³-hybridized carbons (Fsp3) is 0.684. The maximum Gasteiger partial charge on any atom is 0.0278 e. The molecule has 0 aromatic heterocycles. The summed E-state index contributed by atoms with van der Waals surface area (Å²) in [6.45, 7) is 8.32. The van der Waals surface area contributed by atoms with Crippen molar-refractivity contribution in [1.29, 1.82) is 0 Å². The average Bonchev–Trinajstić information content (AvgIpc) is 3.33. The number of benzene rings is 1. The van der Waals surface area contributed by atoms with E-state index < -0.39 is 0 Å². The molecule has 3 rings (SSSR count). The van der Waals surface area contributed by atoms with E-state index in [0.29, 0.717) is 11.6 Å². The van der Waals surface area contributed by atoms with Crippen LogP contribution in [-0.4, -0.2) is 36.1 Å². The number of rotatable bonds is 6. The molecule has 2 fully saturated rings. The molecule has 116 valence electrons. The van der Waals surface area contributed by atoms with Gasteiger partial charge in [-0.1, -0.05) is 50.1 Å². The zero-order chi connectivity index (χ0) is 14.7. The molecule has 1 aromatic rings. The maximum atomic E-state index is 3.81. The van der Waals surface area contributed by atoms with E-state index in [1.54, 1.807) is 0 Å². The molecule has 2 aliphatic rings. The van der Waals surface area contributed by atoms with Crippen molar-refractivity contribution in [1.82, 2.24) is 10.2 Å². The van der Waals surface area contributed by atoms with E-state index in [2.05, 4.69) is 54.4 Å². The van der Waals surface area contributed by atoms with Gasteiger partial charge in [0.25, 0.3) is 0 Å². The highest BCUT2D eigenvalue weighted by Crippen LogP contribution is 2.33. The Morgan fingerprint density at radius 3 is 2.67 bits per heavy atom. The van der Waals surface area contributed by atoms with Gasteiger partial charge in [-0.15, -0.1) is 0 Å². The van der Waals surface area contributed by atoms with Crippen LogP contribution in [0.15, 0.2) is 30.3 Å². The van der Waals surface area contributed by atoms with Crippen LogP contribution in [-0.2, 0) is 6.42 Å². The van der Waals surface area contributed by atoms with Crippen LogP contribution >= 0.6 is 0 Å². The predicted octanol–water partition coefficient (Wildman–Crippen LogP) is 3.47. The van der Waals surface area contributed by atoms with Crippen LogP contribution in [0, 0.1) is 5.92 Å². The summed E-state index contributed by atoms with van der Waals surface area (Å²) in [5.41, 5.74) is 1.78. The van der Waals surface area contributed by atoms with Gasteiger partial charge in [0.05, 0.1) is 0 Å². The van der Waals surface area contributed by atoms with Crippen LogP contribution in [0.4, 0.5) is 0 Å². The normalized spacial score (nSPS) is 30.5. The lowest BCUT2D eigenvalue weighted by molar-refractivity contribution is 0.0817. The molecule has 1 aliphatic heterocycles. The topological polar surface area (TPSA) is 15.3 Å². The second kappa shape index (κ2) is 6.50. The van der Waals surface area contributed by atoms with Crippen molar-refractivity contribution < 1.29 is 0 Å². The van der Waals surface area contributed by atoms with Gasteiger partial charge in [0.1, 0.15) is 0 Å². The van der Waals surface area contributed by atoms with Gasteiger partial charge in [0.15, 0.2) is 0 Å². The van der Waals surface area contributed by atoms with E-state index in [9.17, 15) is 0 Å². The smallest absolute Gasteiger partial charge is 0.0278 e. The van der Waals surface area contributed by atoms with Crippen molar-refractivity contribution in [3.63, 3.8) is 0 Å².